The summed E-state index contributed by atoms with van der Waals surface area (Å²) in [5.41, 5.74) is 5.74. The molecule has 0 aromatic heterocycles. The van der Waals surface area contributed by atoms with Crippen LogP contribution in [0.25, 0.3) is 0 Å². The lowest BCUT2D eigenvalue weighted by molar-refractivity contribution is -0.0794. The Kier molecular flexibility index (Phi) is 6.95. The van der Waals surface area contributed by atoms with Crippen LogP contribution in [0.1, 0.15) is 66.7 Å². The van der Waals surface area contributed by atoms with Crippen LogP contribution in [0.15, 0.2) is 121 Å². The van der Waals surface area contributed by atoms with E-state index in [1.54, 1.807) is 0 Å². The van der Waals surface area contributed by atoms with Gasteiger partial charge >= 0.3 is 0 Å². The van der Waals surface area contributed by atoms with Crippen molar-refractivity contribution >= 4 is 0 Å². The third-order valence-electron chi connectivity index (χ3n) is 8.94. The van der Waals surface area contributed by atoms with Crippen LogP contribution >= 0.6 is 0 Å². The molecular formula is C35H38N2. The van der Waals surface area contributed by atoms with Gasteiger partial charge in [0, 0.05) is 37.3 Å². The van der Waals surface area contributed by atoms with Crippen LogP contribution < -0.4 is 0 Å². The average molecular weight is 487 g/mol. The Morgan fingerprint density at radius 3 is 1.16 bits per heavy atom. The fourth-order valence-electron chi connectivity index (χ4n) is 7.18. The Balaban J connectivity index is 1.42. The van der Waals surface area contributed by atoms with Crippen LogP contribution in [0.4, 0.5) is 0 Å². The summed E-state index contributed by atoms with van der Waals surface area (Å²) in [6.07, 6.45) is 1.27. The zero-order valence-electron chi connectivity index (χ0n) is 22.0. The molecule has 0 unspecified atom stereocenters. The fraction of sp³-hybridized carbons (Fsp3) is 0.314. The number of nitrogens with zero attached hydrogens (tertiary/aromatic N) is 2. The quantitative estimate of drug-likeness (QED) is 0.271. The first-order valence-corrected chi connectivity index (χ1v) is 13.9. The average Bonchev–Trinajstić information content (AvgIpc) is 2.97. The molecule has 2 aliphatic rings. The highest BCUT2D eigenvalue weighted by atomic mass is 15.3. The molecule has 4 aromatic carbocycles. The predicted octanol–water partition coefficient (Wildman–Crippen LogP) is 8.25. The molecule has 0 saturated carbocycles. The maximum Gasteiger partial charge on any atom is 0.0394 e. The lowest BCUT2D eigenvalue weighted by Crippen LogP contribution is -2.56. The number of likely N-dealkylation sites (tertiary alicyclic amines) is 2. The maximum absolute atomic E-state index is 2.82. The van der Waals surface area contributed by atoms with Crippen molar-refractivity contribution in [1.29, 1.82) is 0 Å². The summed E-state index contributed by atoms with van der Waals surface area (Å²) in [5.74, 6) is 1.16. The Hall–Kier alpha value is -3.20. The number of piperidine rings is 2. The zero-order valence-corrected chi connectivity index (χ0v) is 22.0. The molecule has 0 N–H and O–H groups in total. The summed E-state index contributed by atoms with van der Waals surface area (Å²) in [6.45, 7) is 7.02. The number of benzene rings is 4. The molecule has 2 fully saturated rings. The van der Waals surface area contributed by atoms with E-state index >= 15 is 0 Å². The minimum Gasteiger partial charge on any atom is -0.289 e. The first-order valence-electron chi connectivity index (χ1n) is 13.9. The molecule has 0 aliphatic carbocycles. The van der Waals surface area contributed by atoms with Gasteiger partial charge in [-0.05, 0) is 54.4 Å². The van der Waals surface area contributed by atoms with Gasteiger partial charge in [-0.25, -0.2) is 0 Å². The van der Waals surface area contributed by atoms with Gasteiger partial charge in [0.15, 0.2) is 0 Å². The van der Waals surface area contributed by atoms with Crippen molar-refractivity contribution in [3.8, 4) is 0 Å². The molecule has 2 bridgehead atoms. The summed E-state index contributed by atoms with van der Waals surface area (Å²) in [5, 5.41) is 0. The van der Waals surface area contributed by atoms with Crippen LogP contribution in [-0.2, 0) is 0 Å². The van der Waals surface area contributed by atoms with Gasteiger partial charge in [0.05, 0.1) is 0 Å². The summed E-state index contributed by atoms with van der Waals surface area (Å²) in [4.78, 5) is 5.65. The first-order chi connectivity index (χ1) is 18.2. The number of hydrogen-bond donors (Lipinski definition) is 0. The van der Waals surface area contributed by atoms with Gasteiger partial charge in [-0.2, -0.15) is 0 Å². The molecule has 0 radical (unpaired) electrons. The standard InChI is InChI=1S/C35H38N2/c1-26(28-15-7-3-8-16-28)36-24-32-23-33(34(36)30-19-11-5-12-20-30)25-37(27(2)29-17-9-4-10-18-29)35(32)31-21-13-6-14-22-31/h3-22,26-27,32-35H,23-25H2,1-2H3/t26-,27-,32+,33+,34-,35-/m0/s1. The molecule has 6 rings (SSSR count). The van der Waals surface area contributed by atoms with Crippen molar-refractivity contribution in [2.75, 3.05) is 13.1 Å². The van der Waals surface area contributed by atoms with Gasteiger partial charge in [0.1, 0.15) is 0 Å². The molecule has 2 heteroatoms. The second kappa shape index (κ2) is 10.7. The Labute approximate surface area is 222 Å². The van der Waals surface area contributed by atoms with Crippen molar-refractivity contribution in [2.24, 2.45) is 11.8 Å². The fourth-order valence-corrected chi connectivity index (χ4v) is 7.18. The van der Waals surface area contributed by atoms with Crippen LogP contribution in [0, 0.1) is 11.8 Å². The number of rotatable bonds is 6. The molecule has 2 nitrogen and oxygen atoms in total. The summed E-state index contributed by atoms with van der Waals surface area (Å²) in [6, 6.07) is 46.3. The van der Waals surface area contributed by atoms with E-state index in [2.05, 4.69) is 145 Å². The van der Waals surface area contributed by atoms with E-state index in [0.29, 0.717) is 36.0 Å². The minimum atomic E-state index is 0.367. The Morgan fingerprint density at radius 2 is 0.811 bits per heavy atom. The van der Waals surface area contributed by atoms with Crippen molar-refractivity contribution in [2.45, 2.75) is 44.4 Å². The van der Waals surface area contributed by atoms with Crippen LogP contribution in [0.2, 0.25) is 0 Å². The smallest absolute Gasteiger partial charge is 0.0394 e. The third-order valence-corrected chi connectivity index (χ3v) is 8.94. The normalized spacial score (nSPS) is 25.9. The van der Waals surface area contributed by atoms with E-state index in [-0.39, 0.29) is 0 Å². The van der Waals surface area contributed by atoms with E-state index in [1.807, 2.05) is 0 Å². The monoisotopic (exact) mass is 486 g/mol. The SMILES string of the molecule is C[C@@H](c1ccccc1)N1C[C@H]2C[C@H](CN([C@@H](C)c3ccccc3)[C@H]2c2ccccc2)[C@@H]1c1ccccc1. The third kappa shape index (κ3) is 4.77. The summed E-state index contributed by atoms with van der Waals surface area (Å²) in [7, 11) is 0. The van der Waals surface area contributed by atoms with E-state index in [1.165, 1.54) is 28.7 Å². The van der Waals surface area contributed by atoms with E-state index in [9.17, 15) is 0 Å². The zero-order chi connectivity index (χ0) is 25.2. The van der Waals surface area contributed by atoms with Gasteiger partial charge in [-0.3, -0.25) is 9.80 Å². The largest absolute Gasteiger partial charge is 0.289 e. The summed E-state index contributed by atoms with van der Waals surface area (Å²) < 4.78 is 0. The molecule has 2 saturated heterocycles. The lowest BCUT2D eigenvalue weighted by atomic mass is 9.70. The van der Waals surface area contributed by atoms with Crippen molar-refractivity contribution < 1.29 is 0 Å². The molecule has 4 aromatic rings. The van der Waals surface area contributed by atoms with Gasteiger partial charge in [0.25, 0.3) is 0 Å². The van der Waals surface area contributed by atoms with E-state index in [0.717, 1.165) is 13.1 Å². The predicted molar refractivity (Wildman–Crippen MR) is 153 cm³/mol. The second-order valence-corrected chi connectivity index (χ2v) is 11.0. The van der Waals surface area contributed by atoms with E-state index < -0.39 is 0 Å². The molecule has 0 amide bonds. The molecule has 0 spiro atoms. The molecule has 188 valence electrons. The Bertz CT molecular complexity index is 1160. The molecule has 2 aliphatic heterocycles. The van der Waals surface area contributed by atoms with Crippen LogP contribution in [0.5, 0.6) is 0 Å². The lowest BCUT2D eigenvalue weighted by Gasteiger charge is -2.57. The maximum atomic E-state index is 2.82. The highest BCUT2D eigenvalue weighted by molar-refractivity contribution is 5.29. The van der Waals surface area contributed by atoms with Gasteiger partial charge in [-0.1, -0.05) is 121 Å². The van der Waals surface area contributed by atoms with Crippen LogP contribution in [0.3, 0.4) is 0 Å². The highest BCUT2D eigenvalue weighted by Crippen LogP contribution is 2.52. The van der Waals surface area contributed by atoms with Crippen molar-refractivity contribution in [1.82, 2.24) is 9.80 Å². The van der Waals surface area contributed by atoms with Gasteiger partial charge in [-0.15, -0.1) is 0 Å². The van der Waals surface area contributed by atoms with Crippen molar-refractivity contribution in [3.05, 3.63) is 144 Å². The van der Waals surface area contributed by atoms with Crippen molar-refractivity contribution in [3.63, 3.8) is 0 Å². The van der Waals surface area contributed by atoms with Gasteiger partial charge < -0.3 is 0 Å². The summed E-state index contributed by atoms with van der Waals surface area (Å²) >= 11 is 0. The Morgan fingerprint density at radius 1 is 0.486 bits per heavy atom. The number of hydrogen-bond acceptors (Lipinski definition) is 2. The minimum absolute atomic E-state index is 0.367. The van der Waals surface area contributed by atoms with Gasteiger partial charge in [0.2, 0.25) is 0 Å². The molecule has 6 atom stereocenters. The topological polar surface area (TPSA) is 6.48 Å². The second-order valence-electron chi connectivity index (χ2n) is 11.0. The molecule has 37 heavy (non-hydrogen) atoms. The molecule has 2 heterocycles. The van der Waals surface area contributed by atoms with E-state index in [4.69, 9.17) is 0 Å². The molecular weight excluding hydrogens is 448 g/mol. The highest BCUT2D eigenvalue weighted by Gasteiger charge is 2.48. The van der Waals surface area contributed by atoms with Crippen LogP contribution in [-0.4, -0.2) is 22.9 Å². The number of fused-ring (bicyclic) bond motifs is 2. The first kappa shape index (κ1) is 24.2.